The van der Waals surface area contributed by atoms with Gasteiger partial charge >= 0.3 is 0 Å². The Morgan fingerprint density at radius 2 is 2.06 bits per heavy atom. The summed E-state index contributed by atoms with van der Waals surface area (Å²) in [5, 5.41) is 0. The highest BCUT2D eigenvalue weighted by atomic mass is 16.5. The standard InChI is InChI=1S/C14H28N2O2/c1-10(2)6-8-18-12-5-7-16(9-12)14(17)13(15)11(3)4/h10-13H,5-9,15H2,1-4H3/t12?,13-/m0/s1. The number of carbonyl (C=O) groups is 1. The van der Waals surface area contributed by atoms with Gasteiger partial charge in [0.15, 0.2) is 0 Å². The van der Waals surface area contributed by atoms with Gasteiger partial charge in [-0.1, -0.05) is 27.7 Å². The Bertz CT molecular complexity index is 267. The SMILES string of the molecule is CC(C)CCOC1CCN(C(=O)[C@@H](N)C(C)C)C1. The predicted molar refractivity (Wildman–Crippen MR) is 73.2 cm³/mol. The van der Waals surface area contributed by atoms with Crippen molar-refractivity contribution in [3.63, 3.8) is 0 Å². The van der Waals surface area contributed by atoms with Gasteiger partial charge in [0.05, 0.1) is 12.1 Å². The molecule has 1 heterocycles. The number of nitrogens with two attached hydrogens (primary N) is 1. The summed E-state index contributed by atoms with van der Waals surface area (Å²) in [6, 6.07) is -0.376. The van der Waals surface area contributed by atoms with Gasteiger partial charge in [-0.25, -0.2) is 0 Å². The first kappa shape index (κ1) is 15.4. The summed E-state index contributed by atoms with van der Waals surface area (Å²) in [6.45, 7) is 10.6. The maximum Gasteiger partial charge on any atom is 0.239 e. The van der Waals surface area contributed by atoms with Crippen LogP contribution in [0.1, 0.15) is 40.5 Å². The third-order valence-corrected chi connectivity index (χ3v) is 3.51. The van der Waals surface area contributed by atoms with Gasteiger partial charge in [-0.15, -0.1) is 0 Å². The maximum atomic E-state index is 12.1. The average molecular weight is 256 g/mol. The van der Waals surface area contributed by atoms with Gasteiger partial charge in [-0.2, -0.15) is 0 Å². The zero-order chi connectivity index (χ0) is 13.7. The Hall–Kier alpha value is -0.610. The molecule has 1 fully saturated rings. The molecule has 0 radical (unpaired) electrons. The average Bonchev–Trinajstić information content (AvgIpc) is 2.75. The van der Waals surface area contributed by atoms with Crippen LogP contribution in [0, 0.1) is 11.8 Å². The van der Waals surface area contributed by atoms with Crippen LogP contribution >= 0.6 is 0 Å². The normalized spacial score (nSPS) is 21.9. The van der Waals surface area contributed by atoms with Gasteiger partial charge in [0.1, 0.15) is 0 Å². The van der Waals surface area contributed by atoms with Crippen LogP contribution < -0.4 is 5.73 Å². The number of likely N-dealkylation sites (tertiary alicyclic amines) is 1. The highest BCUT2D eigenvalue weighted by Gasteiger charge is 2.30. The lowest BCUT2D eigenvalue weighted by Crippen LogP contribution is -2.45. The van der Waals surface area contributed by atoms with Crippen molar-refractivity contribution < 1.29 is 9.53 Å². The van der Waals surface area contributed by atoms with E-state index in [9.17, 15) is 4.79 Å². The number of rotatable bonds is 6. The molecule has 2 N–H and O–H groups in total. The van der Waals surface area contributed by atoms with E-state index in [0.717, 1.165) is 26.0 Å². The monoisotopic (exact) mass is 256 g/mol. The van der Waals surface area contributed by atoms with E-state index in [1.54, 1.807) is 0 Å². The van der Waals surface area contributed by atoms with E-state index in [2.05, 4.69) is 13.8 Å². The molecule has 0 aliphatic carbocycles. The summed E-state index contributed by atoms with van der Waals surface area (Å²) in [7, 11) is 0. The van der Waals surface area contributed by atoms with Gasteiger partial charge in [-0.3, -0.25) is 4.79 Å². The molecule has 0 aromatic heterocycles. The molecule has 1 rings (SSSR count). The highest BCUT2D eigenvalue weighted by molar-refractivity contribution is 5.82. The molecule has 106 valence electrons. The first-order valence-corrected chi connectivity index (χ1v) is 7.07. The molecule has 0 aromatic rings. The highest BCUT2D eigenvalue weighted by Crippen LogP contribution is 2.16. The minimum atomic E-state index is -0.376. The van der Waals surface area contributed by atoms with Crippen molar-refractivity contribution in [1.29, 1.82) is 0 Å². The lowest BCUT2D eigenvalue weighted by atomic mass is 10.0. The smallest absolute Gasteiger partial charge is 0.239 e. The van der Waals surface area contributed by atoms with Crippen LogP contribution in [-0.4, -0.2) is 42.6 Å². The molecular weight excluding hydrogens is 228 g/mol. The third-order valence-electron chi connectivity index (χ3n) is 3.51. The van der Waals surface area contributed by atoms with Crippen LogP contribution in [0.3, 0.4) is 0 Å². The number of hydrogen-bond acceptors (Lipinski definition) is 3. The molecule has 1 aliphatic rings. The molecule has 1 aliphatic heterocycles. The molecule has 1 amide bonds. The van der Waals surface area contributed by atoms with Crippen molar-refractivity contribution >= 4 is 5.91 Å². The maximum absolute atomic E-state index is 12.1. The first-order chi connectivity index (χ1) is 8.41. The molecule has 0 bridgehead atoms. The predicted octanol–water partition coefficient (Wildman–Crippen LogP) is 1.63. The minimum Gasteiger partial charge on any atom is -0.376 e. The van der Waals surface area contributed by atoms with Gasteiger partial charge in [-0.05, 0) is 24.7 Å². The largest absolute Gasteiger partial charge is 0.376 e. The molecule has 4 nitrogen and oxygen atoms in total. The lowest BCUT2D eigenvalue weighted by Gasteiger charge is -2.23. The van der Waals surface area contributed by atoms with Crippen molar-refractivity contribution in [2.24, 2.45) is 17.6 Å². The molecule has 18 heavy (non-hydrogen) atoms. The topological polar surface area (TPSA) is 55.6 Å². The summed E-state index contributed by atoms with van der Waals surface area (Å²) in [5.41, 5.74) is 5.89. The van der Waals surface area contributed by atoms with Crippen LogP contribution in [0.2, 0.25) is 0 Å². The first-order valence-electron chi connectivity index (χ1n) is 7.07. The Labute approximate surface area is 111 Å². The molecule has 0 aromatic carbocycles. The van der Waals surface area contributed by atoms with E-state index in [1.807, 2.05) is 18.7 Å². The van der Waals surface area contributed by atoms with E-state index in [1.165, 1.54) is 0 Å². The van der Waals surface area contributed by atoms with Crippen LogP contribution in [0.5, 0.6) is 0 Å². The number of nitrogens with zero attached hydrogens (tertiary/aromatic N) is 1. The molecule has 1 unspecified atom stereocenters. The summed E-state index contributed by atoms with van der Waals surface area (Å²) in [5.74, 6) is 0.928. The van der Waals surface area contributed by atoms with E-state index in [-0.39, 0.29) is 24.0 Å². The molecular formula is C14H28N2O2. The van der Waals surface area contributed by atoms with Crippen LogP contribution in [0.15, 0.2) is 0 Å². The van der Waals surface area contributed by atoms with E-state index < -0.39 is 0 Å². The van der Waals surface area contributed by atoms with Crippen molar-refractivity contribution in [2.45, 2.75) is 52.7 Å². The van der Waals surface area contributed by atoms with Crippen molar-refractivity contribution in [1.82, 2.24) is 4.90 Å². The number of amides is 1. The fourth-order valence-corrected chi connectivity index (χ4v) is 2.03. The van der Waals surface area contributed by atoms with Crippen molar-refractivity contribution in [3.05, 3.63) is 0 Å². The summed E-state index contributed by atoms with van der Waals surface area (Å²) in [6.07, 6.45) is 2.22. The molecule has 0 saturated carbocycles. The van der Waals surface area contributed by atoms with Gasteiger partial charge in [0.2, 0.25) is 5.91 Å². The molecule has 1 saturated heterocycles. The van der Waals surface area contributed by atoms with Gasteiger partial charge < -0.3 is 15.4 Å². The fourth-order valence-electron chi connectivity index (χ4n) is 2.03. The number of hydrogen-bond donors (Lipinski definition) is 1. The summed E-state index contributed by atoms with van der Waals surface area (Å²) in [4.78, 5) is 13.9. The molecule has 4 heteroatoms. The second kappa shape index (κ2) is 7.10. The van der Waals surface area contributed by atoms with Gasteiger partial charge in [0.25, 0.3) is 0 Å². The van der Waals surface area contributed by atoms with Gasteiger partial charge in [0, 0.05) is 19.7 Å². The second-order valence-corrected chi connectivity index (χ2v) is 6.02. The number of carbonyl (C=O) groups excluding carboxylic acids is 1. The minimum absolute atomic E-state index is 0.0694. The summed E-state index contributed by atoms with van der Waals surface area (Å²) >= 11 is 0. The quantitative estimate of drug-likeness (QED) is 0.786. The second-order valence-electron chi connectivity index (χ2n) is 6.02. The Kier molecular flexibility index (Phi) is 6.09. The van der Waals surface area contributed by atoms with Crippen LogP contribution in [-0.2, 0) is 9.53 Å². The molecule has 2 atom stereocenters. The van der Waals surface area contributed by atoms with Crippen LogP contribution in [0.25, 0.3) is 0 Å². The Morgan fingerprint density at radius 1 is 1.39 bits per heavy atom. The lowest BCUT2D eigenvalue weighted by molar-refractivity contribution is -0.133. The third kappa shape index (κ3) is 4.58. The zero-order valence-corrected chi connectivity index (χ0v) is 12.2. The Balaban J connectivity index is 2.30. The van der Waals surface area contributed by atoms with Crippen molar-refractivity contribution in [2.75, 3.05) is 19.7 Å². The van der Waals surface area contributed by atoms with E-state index >= 15 is 0 Å². The zero-order valence-electron chi connectivity index (χ0n) is 12.2. The van der Waals surface area contributed by atoms with Crippen molar-refractivity contribution in [3.8, 4) is 0 Å². The molecule has 0 spiro atoms. The van der Waals surface area contributed by atoms with E-state index in [4.69, 9.17) is 10.5 Å². The van der Waals surface area contributed by atoms with Crippen LogP contribution in [0.4, 0.5) is 0 Å². The fraction of sp³-hybridized carbons (Fsp3) is 0.929. The van der Waals surface area contributed by atoms with E-state index in [0.29, 0.717) is 12.5 Å². The summed E-state index contributed by atoms with van der Waals surface area (Å²) < 4.78 is 5.80. The number of ether oxygens (including phenoxy) is 1. The Morgan fingerprint density at radius 3 is 2.61 bits per heavy atom.